The topological polar surface area (TPSA) is 21.3 Å². The average Bonchev–Trinajstić information content (AvgIpc) is 1.81. The van der Waals surface area contributed by atoms with E-state index in [-0.39, 0.29) is 12.4 Å². The van der Waals surface area contributed by atoms with Crippen molar-refractivity contribution in [1.82, 2.24) is 5.32 Å². The lowest BCUT2D eigenvalue weighted by molar-refractivity contribution is 0.129. The Bertz CT molecular complexity index is 38.0. The molecule has 0 unspecified atom stereocenters. The molecule has 0 aliphatic heterocycles. The summed E-state index contributed by atoms with van der Waals surface area (Å²) in [6.45, 7) is 6.69. The van der Waals surface area contributed by atoms with Crippen molar-refractivity contribution in [2.24, 2.45) is 0 Å². The van der Waals surface area contributed by atoms with Crippen LogP contribution in [0.4, 0.5) is 0 Å². The fourth-order valence-electron chi connectivity index (χ4n) is 0.423. The van der Waals surface area contributed by atoms with Gasteiger partial charge in [0.05, 0.1) is 6.73 Å². The van der Waals surface area contributed by atoms with Crippen molar-refractivity contribution in [2.75, 3.05) is 19.9 Å². The van der Waals surface area contributed by atoms with Crippen LogP contribution >= 0.6 is 12.4 Å². The molecule has 0 spiro atoms. The van der Waals surface area contributed by atoms with Crippen LogP contribution in [-0.2, 0) is 4.74 Å². The van der Waals surface area contributed by atoms with Crippen LogP contribution in [0.3, 0.4) is 0 Å². The first-order valence-electron chi connectivity index (χ1n) is 3.20. The van der Waals surface area contributed by atoms with Gasteiger partial charge in [0.25, 0.3) is 0 Å². The van der Waals surface area contributed by atoms with E-state index in [1.165, 1.54) is 6.42 Å². The molecule has 0 aromatic rings. The van der Waals surface area contributed by atoms with Gasteiger partial charge in [-0.05, 0) is 19.9 Å². The Morgan fingerprint density at radius 3 is 2.44 bits per heavy atom. The monoisotopic (exact) mass is 153 g/mol. The quantitative estimate of drug-likeness (QED) is 0.476. The van der Waals surface area contributed by atoms with E-state index in [4.69, 9.17) is 4.74 Å². The van der Waals surface area contributed by atoms with Crippen LogP contribution in [0.25, 0.3) is 0 Å². The second-order valence-electron chi connectivity index (χ2n) is 1.64. The summed E-state index contributed by atoms with van der Waals surface area (Å²) in [6, 6.07) is 0. The van der Waals surface area contributed by atoms with Gasteiger partial charge in [-0.3, -0.25) is 5.32 Å². The second kappa shape index (κ2) is 11.1. The molecule has 0 aromatic heterocycles. The molecule has 0 amide bonds. The van der Waals surface area contributed by atoms with Crippen LogP contribution in [0.5, 0.6) is 0 Å². The largest absolute Gasteiger partial charge is 0.367 e. The number of hydrogen-bond donors (Lipinski definition) is 1. The van der Waals surface area contributed by atoms with Crippen molar-refractivity contribution in [1.29, 1.82) is 0 Å². The molecule has 0 heterocycles. The van der Waals surface area contributed by atoms with Crippen LogP contribution in [0, 0.1) is 0 Å². The minimum absolute atomic E-state index is 0. The molecule has 9 heavy (non-hydrogen) atoms. The summed E-state index contributed by atoms with van der Waals surface area (Å²) in [7, 11) is 0. The maximum Gasteiger partial charge on any atom is 0.0965 e. The van der Waals surface area contributed by atoms with Gasteiger partial charge in [0.2, 0.25) is 0 Å². The first-order chi connectivity index (χ1) is 3.91. The van der Waals surface area contributed by atoms with Gasteiger partial charge in [-0.1, -0.05) is 6.92 Å². The molecule has 0 atom stereocenters. The minimum atomic E-state index is 0. The van der Waals surface area contributed by atoms with Crippen LogP contribution in [0.2, 0.25) is 0 Å². The fourth-order valence-corrected chi connectivity index (χ4v) is 0.423. The summed E-state index contributed by atoms with van der Waals surface area (Å²) in [5, 5.41) is 3.11. The highest BCUT2D eigenvalue weighted by Crippen LogP contribution is 1.70. The van der Waals surface area contributed by atoms with Gasteiger partial charge < -0.3 is 4.74 Å². The van der Waals surface area contributed by atoms with Crippen molar-refractivity contribution < 1.29 is 4.74 Å². The molecule has 0 saturated heterocycles. The van der Waals surface area contributed by atoms with E-state index in [1.807, 2.05) is 6.92 Å². The van der Waals surface area contributed by atoms with Gasteiger partial charge in [0.15, 0.2) is 0 Å². The van der Waals surface area contributed by atoms with Gasteiger partial charge in [0.1, 0.15) is 0 Å². The molecule has 3 heteroatoms. The summed E-state index contributed by atoms with van der Waals surface area (Å²) in [5.41, 5.74) is 0. The minimum Gasteiger partial charge on any atom is -0.367 e. The van der Waals surface area contributed by atoms with E-state index >= 15 is 0 Å². The van der Waals surface area contributed by atoms with Crippen LogP contribution < -0.4 is 5.32 Å². The van der Waals surface area contributed by atoms with Crippen molar-refractivity contribution >= 4 is 12.4 Å². The van der Waals surface area contributed by atoms with E-state index in [2.05, 4.69) is 12.2 Å². The first kappa shape index (κ1) is 11.9. The third-order valence-corrected chi connectivity index (χ3v) is 0.835. The molecule has 0 bridgehead atoms. The van der Waals surface area contributed by atoms with E-state index < -0.39 is 0 Å². The number of ether oxygens (including phenoxy) is 1. The first-order valence-corrected chi connectivity index (χ1v) is 3.20. The molecule has 2 nitrogen and oxygen atoms in total. The second-order valence-corrected chi connectivity index (χ2v) is 1.64. The SMILES string of the molecule is CCCNCOCC.Cl. The number of rotatable bonds is 5. The predicted octanol–water partition coefficient (Wildman–Crippen LogP) is 1.40. The van der Waals surface area contributed by atoms with Crippen molar-refractivity contribution in [3.05, 3.63) is 0 Å². The van der Waals surface area contributed by atoms with E-state index in [0.717, 1.165) is 13.2 Å². The number of nitrogens with one attached hydrogen (secondary N) is 1. The summed E-state index contributed by atoms with van der Waals surface area (Å²) in [5.74, 6) is 0. The average molecular weight is 154 g/mol. The Morgan fingerprint density at radius 2 is 2.00 bits per heavy atom. The normalized spacial score (nSPS) is 8.67. The maximum atomic E-state index is 5.02. The summed E-state index contributed by atoms with van der Waals surface area (Å²) in [4.78, 5) is 0. The van der Waals surface area contributed by atoms with Crippen LogP contribution in [0.15, 0.2) is 0 Å². The van der Waals surface area contributed by atoms with Gasteiger partial charge in [-0.2, -0.15) is 0 Å². The summed E-state index contributed by atoms with van der Waals surface area (Å²) >= 11 is 0. The Hall–Kier alpha value is 0.210. The zero-order valence-corrected chi connectivity index (χ0v) is 6.96. The Labute approximate surface area is 63.4 Å². The fraction of sp³-hybridized carbons (Fsp3) is 1.00. The lowest BCUT2D eigenvalue weighted by atomic mass is 10.5. The third kappa shape index (κ3) is 11.7. The maximum absolute atomic E-state index is 5.02. The lowest BCUT2D eigenvalue weighted by Crippen LogP contribution is -2.18. The smallest absolute Gasteiger partial charge is 0.0965 e. The highest BCUT2D eigenvalue weighted by atomic mass is 35.5. The molecular formula is C6H16ClNO. The molecule has 1 N–H and O–H groups in total. The Balaban J connectivity index is 0. The molecule has 0 aliphatic carbocycles. The van der Waals surface area contributed by atoms with E-state index in [0.29, 0.717) is 6.73 Å². The summed E-state index contributed by atoms with van der Waals surface area (Å²) < 4.78 is 5.02. The molecule has 0 aliphatic rings. The molecule has 0 fully saturated rings. The van der Waals surface area contributed by atoms with Crippen molar-refractivity contribution in [2.45, 2.75) is 20.3 Å². The van der Waals surface area contributed by atoms with Gasteiger partial charge in [-0.25, -0.2) is 0 Å². The Morgan fingerprint density at radius 1 is 1.33 bits per heavy atom. The van der Waals surface area contributed by atoms with Crippen molar-refractivity contribution in [3.63, 3.8) is 0 Å². The van der Waals surface area contributed by atoms with E-state index in [1.54, 1.807) is 0 Å². The number of hydrogen-bond acceptors (Lipinski definition) is 2. The standard InChI is InChI=1S/C6H15NO.ClH/c1-3-5-7-6-8-4-2;/h7H,3-6H2,1-2H3;1H. The molecule has 0 radical (unpaired) electrons. The van der Waals surface area contributed by atoms with Gasteiger partial charge in [0, 0.05) is 6.61 Å². The zero-order chi connectivity index (χ0) is 6.24. The highest BCUT2D eigenvalue weighted by molar-refractivity contribution is 5.85. The molecular weight excluding hydrogens is 138 g/mol. The highest BCUT2D eigenvalue weighted by Gasteiger charge is 1.79. The molecule has 58 valence electrons. The zero-order valence-electron chi connectivity index (χ0n) is 6.14. The number of halogens is 1. The molecule has 0 aromatic carbocycles. The summed E-state index contributed by atoms with van der Waals surface area (Å²) in [6.07, 6.45) is 1.17. The van der Waals surface area contributed by atoms with Crippen LogP contribution in [0.1, 0.15) is 20.3 Å². The van der Waals surface area contributed by atoms with Gasteiger partial charge >= 0.3 is 0 Å². The Kier molecular flexibility index (Phi) is 14.7. The molecule has 0 saturated carbocycles. The van der Waals surface area contributed by atoms with Crippen LogP contribution in [-0.4, -0.2) is 19.9 Å². The van der Waals surface area contributed by atoms with Gasteiger partial charge in [-0.15, -0.1) is 12.4 Å². The molecule has 0 rings (SSSR count). The van der Waals surface area contributed by atoms with E-state index in [9.17, 15) is 0 Å². The predicted molar refractivity (Wildman–Crippen MR) is 42.0 cm³/mol. The lowest BCUT2D eigenvalue weighted by Gasteiger charge is -2.00. The third-order valence-electron chi connectivity index (χ3n) is 0.835. The van der Waals surface area contributed by atoms with Crippen molar-refractivity contribution in [3.8, 4) is 0 Å².